The highest BCUT2D eigenvalue weighted by Crippen LogP contribution is 2.15. The van der Waals surface area contributed by atoms with Crippen molar-refractivity contribution in [3.63, 3.8) is 0 Å². The molecule has 1 aliphatic rings. The molecule has 5 nitrogen and oxygen atoms in total. The molecule has 1 saturated heterocycles. The largest absolute Gasteiger partial charge is 0.385 e. The number of nitrogens with one attached hydrogen (secondary N) is 1. The first-order valence-electron chi connectivity index (χ1n) is 6.39. The van der Waals surface area contributed by atoms with Crippen LogP contribution in [0.25, 0.3) is 0 Å². The van der Waals surface area contributed by atoms with Crippen molar-refractivity contribution in [1.29, 1.82) is 0 Å². The number of hydrogen-bond donors (Lipinski definition) is 1. The average molecular weight is 239 g/mol. The van der Waals surface area contributed by atoms with Crippen molar-refractivity contribution < 1.29 is 9.26 Å². The molecule has 1 atom stereocenters. The molecular formula is C12H21N3O2. The molecule has 1 N–H and O–H groups in total. The highest BCUT2D eigenvalue weighted by molar-refractivity contribution is 4.89. The first kappa shape index (κ1) is 12.5. The summed E-state index contributed by atoms with van der Waals surface area (Å²) < 4.78 is 10.3. The van der Waals surface area contributed by atoms with Gasteiger partial charge < -0.3 is 14.6 Å². The van der Waals surface area contributed by atoms with E-state index in [1.165, 1.54) is 12.8 Å². The van der Waals surface area contributed by atoms with Gasteiger partial charge >= 0.3 is 0 Å². The third-order valence-corrected chi connectivity index (χ3v) is 3.12. The van der Waals surface area contributed by atoms with E-state index in [4.69, 9.17) is 9.26 Å². The molecule has 0 saturated carbocycles. The maximum atomic E-state index is 5.27. The van der Waals surface area contributed by atoms with Crippen LogP contribution in [0.4, 0.5) is 0 Å². The van der Waals surface area contributed by atoms with Gasteiger partial charge in [0.25, 0.3) is 0 Å². The standard InChI is InChI=1S/C12H21N3O2/c1-16-7-3-5-11-14-12(17-15-11)8-10-4-2-6-13-9-10/h10,13H,2-9H2,1H3. The second kappa shape index (κ2) is 6.71. The molecule has 1 aromatic rings. The Bertz CT molecular complexity index is 321. The van der Waals surface area contributed by atoms with E-state index >= 15 is 0 Å². The maximum absolute atomic E-state index is 5.27. The SMILES string of the molecule is COCCCc1noc(CC2CCCNC2)n1. The van der Waals surface area contributed by atoms with Gasteiger partial charge in [-0.1, -0.05) is 5.16 Å². The lowest BCUT2D eigenvalue weighted by Gasteiger charge is -2.20. The van der Waals surface area contributed by atoms with Crippen LogP contribution in [-0.2, 0) is 17.6 Å². The second-order valence-electron chi connectivity index (χ2n) is 4.62. The molecule has 0 spiro atoms. The van der Waals surface area contributed by atoms with Crippen molar-refractivity contribution >= 4 is 0 Å². The van der Waals surface area contributed by atoms with Gasteiger partial charge in [-0.05, 0) is 38.3 Å². The molecule has 17 heavy (non-hydrogen) atoms. The van der Waals surface area contributed by atoms with Crippen LogP contribution in [0.3, 0.4) is 0 Å². The molecule has 96 valence electrons. The Hall–Kier alpha value is -0.940. The highest BCUT2D eigenvalue weighted by atomic mass is 16.5. The summed E-state index contributed by atoms with van der Waals surface area (Å²) in [5.41, 5.74) is 0. The van der Waals surface area contributed by atoms with Crippen LogP contribution in [0.1, 0.15) is 31.0 Å². The van der Waals surface area contributed by atoms with Gasteiger partial charge in [0.2, 0.25) is 5.89 Å². The first-order valence-corrected chi connectivity index (χ1v) is 6.39. The molecule has 1 aliphatic heterocycles. The van der Waals surface area contributed by atoms with Crippen LogP contribution in [0, 0.1) is 5.92 Å². The van der Waals surface area contributed by atoms with E-state index in [1.54, 1.807) is 7.11 Å². The number of piperidine rings is 1. The second-order valence-corrected chi connectivity index (χ2v) is 4.62. The molecule has 1 unspecified atom stereocenters. The predicted octanol–water partition coefficient (Wildman–Crippen LogP) is 1.19. The average Bonchev–Trinajstić information content (AvgIpc) is 2.79. The monoisotopic (exact) mass is 239 g/mol. The Morgan fingerprint density at radius 3 is 3.24 bits per heavy atom. The lowest BCUT2D eigenvalue weighted by molar-refractivity contribution is 0.194. The number of aryl methyl sites for hydroxylation is 1. The number of ether oxygens (including phenoxy) is 1. The van der Waals surface area contributed by atoms with Crippen LogP contribution >= 0.6 is 0 Å². The van der Waals surface area contributed by atoms with Crippen LogP contribution < -0.4 is 5.32 Å². The minimum atomic E-state index is 0.649. The fourth-order valence-electron chi connectivity index (χ4n) is 2.19. The molecule has 0 aromatic carbocycles. The minimum absolute atomic E-state index is 0.649. The summed E-state index contributed by atoms with van der Waals surface area (Å²) >= 11 is 0. The van der Waals surface area contributed by atoms with Gasteiger partial charge in [0.15, 0.2) is 5.82 Å². The van der Waals surface area contributed by atoms with Crippen molar-refractivity contribution in [1.82, 2.24) is 15.5 Å². The Morgan fingerprint density at radius 2 is 2.47 bits per heavy atom. The van der Waals surface area contributed by atoms with E-state index in [1.807, 2.05) is 0 Å². The molecule has 0 amide bonds. The third kappa shape index (κ3) is 4.09. The zero-order valence-corrected chi connectivity index (χ0v) is 10.4. The number of aromatic nitrogens is 2. The van der Waals surface area contributed by atoms with E-state index in [2.05, 4.69) is 15.5 Å². The number of methoxy groups -OCH3 is 1. The number of hydrogen-bond acceptors (Lipinski definition) is 5. The van der Waals surface area contributed by atoms with Gasteiger partial charge in [0.05, 0.1) is 0 Å². The fraction of sp³-hybridized carbons (Fsp3) is 0.833. The molecule has 0 radical (unpaired) electrons. The summed E-state index contributed by atoms with van der Waals surface area (Å²) in [4.78, 5) is 4.42. The molecule has 0 bridgehead atoms. The lowest BCUT2D eigenvalue weighted by Crippen LogP contribution is -2.30. The molecular weight excluding hydrogens is 218 g/mol. The third-order valence-electron chi connectivity index (χ3n) is 3.12. The summed E-state index contributed by atoms with van der Waals surface area (Å²) in [5, 5.41) is 7.39. The smallest absolute Gasteiger partial charge is 0.226 e. The van der Waals surface area contributed by atoms with E-state index in [0.29, 0.717) is 5.92 Å². The van der Waals surface area contributed by atoms with Crippen molar-refractivity contribution in [3.8, 4) is 0 Å². The van der Waals surface area contributed by atoms with Gasteiger partial charge in [0, 0.05) is 26.6 Å². The minimum Gasteiger partial charge on any atom is -0.385 e. The number of nitrogens with zero attached hydrogens (tertiary/aromatic N) is 2. The van der Waals surface area contributed by atoms with Crippen molar-refractivity contribution in [2.24, 2.45) is 5.92 Å². The predicted molar refractivity (Wildman–Crippen MR) is 63.8 cm³/mol. The quantitative estimate of drug-likeness (QED) is 0.756. The van der Waals surface area contributed by atoms with E-state index in [0.717, 1.165) is 50.7 Å². The Balaban J connectivity index is 1.76. The van der Waals surface area contributed by atoms with Crippen LogP contribution in [0.15, 0.2) is 4.52 Å². The molecule has 2 rings (SSSR count). The normalized spacial score (nSPS) is 20.6. The summed E-state index contributed by atoms with van der Waals surface area (Å²) in [6.07, 6.45) is 5.19. The van der Waals surface area contributed by atoms with E-state index in [9.17, 15) is 0 Å². The fourth-order valence-corrected chi connectivity index (χ4v) is 2.19. The zero-order valence-electron chi connectivity index (χ0n) is 10.4. The topological polar surface area (TPSA) is 60.2 Å². The van der Waals surface area contributed by atoms with Crippen LogP contribution in [0.5, 0.6) is 0 Å². The summed E-state index contributed by atoms with van der Waals surface area (Å²) in [6, 6.07) is 0. The highest BCUT2D eigenvalue weighted by Gasteiger charge is 2.17. The summed E-state index contributed by atoms with van der Waals surface area (Å²) in [5.74, 6) is 2.24. The van der Waals surface area contributed by atoms with E-state index < -0.39 is 0 Å². The molecule has 2 heterocycles. The molecule has 1 fully saturated rings. The molecule has 5 heteroatoms. The Labute approximate surface area is 102 Å². The molecule has 0 aliphatic carbocycles. The van der Waals surface area contributed by atoms with Crippen molar-refractivity contribution in [2.75, 3.05) is 26.8 Å². The lowest BCUT2D eigenvalue weighted by atomic mass is 9.96. The summed E-state index contributed by atoms with van der Waals surface area (Å²) in [7, 11) is 1.71. The van der Waals surface area contributed by atoms with Crippen LogP contribution in [-0.4, -0.2) is 36.9 Å². The van der Waals surface area contributed by atoms with Crippen molar-refractivity contribution in [2.45, 2.75) is 32.1 Å². The van der Waals surface area contributed by atoms with Gasteiger partial charge in [-0.25, -0.2) is 0 Å². The van der Waals surface area contributed by atoms with Crippen LogP contribution in [0.2, 0.25) is 0 Å². The van der Waals surface area contributed by atoms with E-state index in [-0.39, 0.29) is 0 Å². The zero-order chi connectivity index (χ0) is 11.9. The Kier molecular flexibility index (Phi) is 4.94. The summed E-state index contributed by atoms with van der Waals surface area (Å²) in [6.45, 7) is 2.96. The van der Waals surface area contributed by atoms with Gasteiger partial charge in [-0.15, -0.1) is 0 Å². The maximum Gasteiger partial charge on any atom is 0.226 e. The Morgan fingerprint density at radius 1 is 1.53 bits per heavy atom. The first-order chi connectivity index (χ1) is 8.38. The number of rotatable bonds is 6. The van der Waals surface area contributed by atoms with Gasteiger partial charge in [-0.2, -0.15) is 4.98 Å². The van der Waals surface area contributed by atoms with Gasteiger partial charge in [0.1, 0.15) is 0 Å². The van der Waals surface area contributed by atoms with Gasteiger partial charge in [-0.3, -0.25) is 0 Å². The van der Waals surface area contributed by atoms with Crippen molar-refractivity contribution in [3.05, 3.63) is 11.7 Å². The molecule has 1 aromatic heterocycles.